The summed E-state index contributed by atoms with van der Waals surface area (Å²) in [4.78, 5) is 13.5. The highest BCUT2D eigenvalue weighted by Crippen LogP contribution is 2.30. The standard InChI is InChI=1S/C20H17O2S/c1-14(2)22-18-11-10-16(15-7-4-3-5-8-15)13-17(18)20(21)19-9-6-12-23-19/h3-14H,1H2,2H3. The molecule has 0 saturated carbocycles. The summed E-state index contributed by atoms with van der Waals surface area (Å²) in [7, 11) is 0. The fourth-order valence-electron chi connectivity index (χ4n) is 2.38. The van der Waals surface area contributed by atoms with E-state index in [0.717, 1.165) is 11.1 Å². The van der Waals surface area contributed by atoms with Gasteiger partial charge in [-0.25, -0.2) is 0 Å². The monoisotopic (exact) mass is 321 g/mol. The van der Waals surface area contributed by atoms with Crippen LogP contribution in [0.15, 0.2) is 66.0 Å². The van der Waals surface area contributed by atoms with E-state index in [1.807, 2.05) is 73.0 Å². The Balaban J connectivity index is 2.07. The molecule has 2 aromatic carbocycles. The van der Waals surface area contributed by atoms with Crippen LogP contribution in [0.5, 0.6) is 5.75 Å². The number of thiophene rings is 1. The topological polar surface area (TPSA) is 26.3 Å². The smallest absolute Gasteiger partial charge is 0.206 e. The van der Waals surface area contributed by atoms with Crippen LogP contribution in [0.2, 0.25) is 0 Å². The van der Waals surface area contributed by atoms with Crippen molar-refractivity contribution in [2.24, 2.45) is 0 Å². The van der Waals surface area contributed by atoms with E-state index in [1.165, 1.54) is 11.3 Å². The van der Waals surface area contributed by atoms with E-state index in [1.54, 1.807) is 0 Å². The van der Waals surface area contributed by atoms with Crippen LogP contribution in [-0.4, -0.2) is 11.9 Å². The zero-order valence-corrected chi connectivity index (χ0v) is 13.7. The van der Waals surface area contributed by atoms with E-state index in [0.29, 0.717) is 16.2 Å². The molecule has 0 aliphatic rings. The average molecular weight is 321 g/mol. The van der Waals surface area contributed by atoms with Gasteiger partial charge in [-0.05, 0) is 48.6 Å². The summed E-state index contributed by atoms with van der Waals surface area (Å²) in [6.45, 7) is 5.70. The van der Waals surface area contributed by atoms with Crippen LogP contribution >= 0.6 is 11.3 Å². The maximum atomic E-state index is 12.8. The van der Waals surface area contributed by atoms with Crippen molar-refractivity contribution in [2.45, 2.75) is 13.0 Å². The highest BCUT2D eigenvalue weighted by atomic mass is 32.1. The molecule has 1 atom stereocenters. The molecule has 0 fully saturated rings. The van der Waals surface area contributed by atoms with Gasteiger partial charge in [0.05, 0.1) is 16.5 Å². The van der Waals surface area contributed by atoms with Crippen molar-refractivity contribution >= 4 is 17.1 Å². The molecule has 0 aliphatic heterocycles. The first-order valence-corrected chi connectivity index (χ1v) is 8.30. The lowest BCUT2D eigenvalue weighted by molar-refractivity contribution is 0.103. The quantitative estimate of drug-likeness (QED) is 0.600. The van der Waals surface area contributed by atoms with Crippen molar-refractivity contribution in [2.75, 3.05) is 0 Å². The zero-order valence-electron chi connectivity index (χ0n) is 12.9. The lowest BCUT2D eigenvalue weighted by atomic mass is 10.00. The second-order valence-corrected chi connectivity index (χ2v) is 6.26. The van der Waals surface area contributed by atoms with Gasteiger partial charge in [0.25, 0.3) is 0 Å². The Hall–Kier alpha value is -2.39. The fraction of sp³-hybridized carbons (Fsp3) is 0.100. The summed E-state index contributed by atoms with van der Waals surface area (Å²) in [6, 6.07) is 19.4. The predicted molar refractivity (Wildman–Crippen MR) is 95.1 cm³/mol. The minimum Gasteiger partial charge on any atom is -0.490 e. The van der Waals surface area contributed by atoms with Crippen LogP contribution in [0.4, 0.5) is 0 Å². The molecule has 1 heterocycles. The summed E-state index contributed by atoms with van der Waals surface area (Å²) < 4.78 is 5.73. The molecule has 0 N–H and O–H groups in total. The summed E-state index contributed by atoms with van der Waals surface area (Å²) in [6.07, 6.45) is -0.229. The molecule has 0 spiro atoms. The molecule has 0 aliphatic carbocycles. The first-order chi connectivity index (χ1) is 11.1. The molecule has 1 aromatic heterocycles. The first kappa shape index (κ1) is 15.5. The van der Waals surface area contributed by atoms with Crippen LogP contribution in [0.25, 0.3) is 11.1 Å². The molecule has 1 unspecified atom stereocenters. The average Bonchev–Trinajstić information content (AvgIpc) is 3.09. The van der Waals surface area contributed by atoms with Crippen molar-refractivity contribution in [1.82, 2.24) is 0 Å². The van der Waals surface area contributed by atoms with Crippen molar-refractivity contribution in [3.05, 3.63) is 83.4 Å². The maximum absolute atomic E-state index is 12.8. The van der Waals surface area contributed by atoms with Crippen molar-refractivity contribution in [1.29, 1.82) is 0 Å². The van der Waals surface area contributed by atoms with Crippen molar-refractivity contribution in [3.8, 4) is 16.9 Å². The molecular formula is C20H17O2S. The van der Waals surface area contributed by atoms with E-state index >= 15 is 0 Å². The molecule has 3 rings (SSSR count). The van der Waals surface area contributed by atoms with Crippen LogP contribution < -0.4 is 4.74 Å². The Morgan fingerprint density at radius 2 is 1.83 bits per heavy atom. The van der Waals surface area contributed by atoms with E-state index < -0.39 is 0 Å². The summed E-state index contributed by atoms with van der Waals surface area (Å²) in [5.41, 5.74) is 2.64. The molecule has 0 amide bonds. The van der Waals surface area contributed by atoms with E-state index in [9.17, 15) is 4.79 Å². The number of hydrogen-bond acceptors (Lipinski definition) is 3. The number of carbonyl (C=O) groups excluding carboxylic acids is 1. The van der Waals surface area contributed by atoms with Crippen LogP contribution in [0.1, 0.15) is 22.2 Å². The fourth-order valence-corrected chi connectivity index (χ4v) is 3.06. The number of ketones is 1. The lowest BCUT2D eigenvalue weighted by Gasteiger charge is -2.14. The molecule has 115 valence electrons. The second-order valence-electron chi connectivity index (χ2n) is 5.31. The van der Waals surface area contributed by atoms with Gasteiger partial charge in [0, 0.05) is 0 Å². The van der Waals surface area contributed by atoms with Gasteiger partial charge >= 0.3 is 0 Å². The number of carbonyl (C=O) groups is 1. The van der Waals surface area contributed by atoms with E-state index in [2.05, 4.69) is 6.92 Å². The summed E-state index contributed by atoms with van der Waals surface area (Å²) >= 11 is 1.43. The van der Waals surface area contributed by atoms with Gasteiger partial charge in [-0.15, -0.1) is 11.3 Å². The number of benzene rings is 2. The third kappa shape index (κ3) is 3.51. The van der Waals surface area contributed by atoms with Gasteiger partial charge in [-0.3, -0.25) is 4.79 Å². The molecule has 23 heavy (non-hydrogen) atoms. The SMILES string of the molecule is [CH2]C(C)Oc1ccc(-c2ccccc2)cc1C(=O)c1cccs1. The lowest BCUT2D eigenvalue weighted by Crippen LogP contribution is -2.10. The van der Waals surface area contributed by atoms with E-state index in [-0.39, 0.29) is 11.9 Å². The maximum Gasteiger partial charge on any atom is 0.206 e. The van der Waals surface area contributed by atoms with Gasteiger partial charge in [-0.2, -0.15) is 0 Å². The van der Waals surface area contributed by atoms with Gasteiger partial charge in [0.15, 0.2) is 0 Å². The summed E-state index contributed by atoms with van der Waals surface area (Å²) in [5.74, 6) is 0.555. The Kier molecular flexibility index (Phi) is 4.58. The van der Waals surface area contributed by atoms with E-state index in [4.69, 9.17) is 4.74 Å². The van der Waals surface area contributed by atoms with Gasteiger partial charge in [0.2, 0.25) is 5.78 Å². The number of ether oxygens (including phenoxy) is 1. The molecule has 0 bridgehead atoms. The minimum atomic E-state index is -0.229. The molecular weight excluding hydrogens is 304 g/mol. The number of hydrogen-bond donors (Lipinski definition) is 0. The van der Waals surface area contributed by atoms with Gasteiger partial charge in [0.1, 0.15) is 5.75 Å². The van der Waals surface area contributed by atoms with Gasteiger partial charge < -0.3 is 4.74 Å². The van der Waals surface area contributed by atoms with Crippen molar-refractivity contribution in [3.63, 3.8) is 0 Å². The Bertz CT molecular complexity index is 790. The third-order valence-corrected chi connectivity index (χ3v) is 4.27. The Morgan fingerprint density at radius 3 is 2.48 bits per heavy atom. The normalized spacial score (nSPS) is 10.7. The van der Waals surface area contributed by atoms with Crippen LogP contribution in [-0.2, 0) is 0 Å². The van der Waals surface area contributed by atoms with Crippen LogP contribution in [0, 0.1) is 6.92 Å². The van der Waals surface area contributed by atoms with Gasteiger partial charge in [-0.1, -0.05) is 42.5 Å². The first-order valence-electron chi connectivity index (χ1n) is 7.42. The van der Waals surface area contributed by atoms with Crippen molar-refractivity contribution < 1.29 is 9.53 Å². The Labute approximate surface area is 140 Å². The summed E-state index contributed by atoms with van der Waals surface area (Å²) in [5, 5.41) is 1.90. The molecule has 2 nitrogen and oxygen atoms in total. The third-order valence-electron chi connectivity index (χ3n) is 3.40. The molecule has 0 saturated heterocycles. The van der Waals surface area contributed by atoms with Crippen LogP contribution in [0.3, 0.4) is 0 Å². The highest BCUT2D eigenvalue weighted by Gasteiger charge is 2.17. The number of rotatable bonds is 5. The largest absolute Gasteiger partial charge is 0.490 e. The Morgan fingerprint density at radius 1 is 1.04 bits per heavy atom. The minimum absolute atomic E-state index is 0.0200. The highest BCUT2D eigenvalue weighted by molar-refractivity contribution is 7.12. The predicted octanol–water partition coefficient (Wildman–Crippen LogP) is 5.25. The zero-order chi connectivity index (χ0) is 16.2. The second kappa shape index (κ2) is 6.80. The molecule has 3 aromatic rings. The molecule has 3 heteroatoms. The molecule has 1 radical (unpaired) electrons.